The van der Waals surface area contributed by atoms with Crippen molar-refractivity contribution in [1.82, 2.24) is 21.3 Å². The van der Waals surface area contributed by atoms with Gasteiger partial charge >= 0.3 is 17.9 Å². The monoisotopic (exact) mass is 1970 g/mol. The van der Waals surface area contributed by atoms with Crippen LogP contribution >= 0.6 is 0 Å². The standard InChI is InChI=1S/C90H156N4O42/c1-7-9-11-13-15-17-19-21-22-24-26-28-30-32-34-36-64(110)94-53(54(105)35-33-31-29-27-25-23-20-18-16-14-12-10-8-2)47-125-83-74(117)73(116)76(62(45-99)127-83)129-84-75(118)81(77(63(46-100)128-84)130-82-52(37-48(3)101)68(111)70(113)59(42-96)126-82)136-90(87(123)124)40-57(108)67(93-51(6)104)80(135-90)72(115)61(44-98)132-89(86(121)122)39-56(107)66(92-50(5)103)79(134-89)71(114)60(43-97)131-88(85(119)120)38-55(106)65(91-49(4)102)78(133-88)69(112)58(109)41-95/h33,35,52-63,65-84,95-100,105-109,111-118H,7-32,34,36-47H2,1-6H3,(H,91,102)(H,92,103)(H,93,104)(H,94,110)(H,119,120)(H,121,122)(H,123,124)/t52-,53+,54-,55+,56+,57+,58-,59-,60-,61-,62-,63-,65-,66-,67-,68-,69-,70+,71-,72-,73-,74-,75-,76-,77+,78?,79?,80?,81-,82+,83-,84+,88-,89-,90+/m1/s1. The van der Waals surface area contributed by atoms with E-state index >= 15 is 0 Å². The summed E-state index contributed by atoms with van der Waals surface area (Å²) in [6, 6.07) is -7.29. The minimum Gasteiger partial charge on any atom is -0.477 e. The van der Waals surface area contributed by atoms with Crippen molar-refractivity contribution in [2.45, 2.75) is 454 Å². The number of hydrogen-bond acceptors (Lipinski definition) is 39. The van der Waals surface area contributed by atoms with Crippen molar-refractivity contribution in [3.63, 3.8) is 0 Å². The molecular formula is C90H156N4O42. The predicted molar refractivity (Wildman–Crippen MR) is 470 cm³/mol. The maximum atomic E-state index is 14.4. The third-order valence-electron chi connectivity index (χ3n) is 25.8. The van der Waals surface area contributed by atoms with Gasteiger partial charge in [-0.3, -0.25) is 19.2 Å². The molecule has 6 aliphatic heterocycles. The van der Waals surface area contributed by atoms with Gasteiger partial charge in [0.25, 0.3) is 17.4 Å². The Bertz CT molecular complexity index is 3570. The van der Waals surface area contributed by atoms with E-state index in [1.165, 1.54) is 102 Å². The van der Waals surface area contributed by atoms with Crippen LogP contribution in [0.15, 0.2) is 12.2 Å². The highest BCUT2D eigenvalue weighted by molar-refractivity contribution is 5.79. The molecule has 3 unspecified atom stereocenters. The van der Waals surface area contributed by atoms with Gasteiger partial charge in [-0.15, -0.1) is 0 Å². The van der Waals surface area contributed by atoms with Crippen molar-refractivity contribution in [2.75, 3.05) is 46.2 Å². The summed E-state index contributed by atoms with van der Waals surface area (Å²) >= 11 is 0. The lowest BCUT2D eigenvalue weighted by atomic mass is 9.86. The topological polar surface area (TPSA) is 741 Å². The number of aliphatic hydroxyl groups is 19. The number of rotatable bonds is 64. The van der Waals surface area contributed by atoms with Crippen molar-refractivity contribution >= 4 is 47.3 Å². The number of aliphatic carboxylic acids is 3. The van der Waals surface area contributed by atoms with Gasteiger partial charge in [-0.2, -0.15) is 0 Å². The van der Waals surface area contributed by atoms with Crippen LogP contribution in [0.3, 0.4) is 0 Å². The molecular weight excluding hydrogens is 1810 g/mol. The van der Waals surface area contributed by atoms with E-state index < -0.39 is 332 Å². The zero-order chi connectivity index (χ0) is 101. The Kier molecular flexibility index (Phi) is 52.1. The molecule has 6 saturated heterocycles. The number of Topliss-reactive ketones (excluding diaryl/α,β-unsaturated/α-hetero) is 1. The van der Waals surface area contributed by atoms with Gasteiger partial charge in [-0.1, -0.05) is 180 Å². The third-order valence-corrected chi connectivity index (χ3v) is 25.8. The molecule has 788 valence electrons. The maximum Gasteiger partial charge on any atom is 0.364 e. The fraction of sp³-hybridized carbons (Fsp3) is 0.889. The van der Waals surface area contributed by atoms with Crippen LogP contribution in [0.1, 0.15) is 247 Å². The quantitative estimate of drug-likeness (QED) is 0.0208. The van der Waals surface area contributed by atoms with Crippen molar-refractivity contribution < 1.29 is 208 Å². The predicted octanol–water partition coefficient (Wildman–Crippen LogP) is -3.43. The summed E-state index contributed by atoms with van der Waals surface area (Å²) in [5.41, 5.74) is 0. The Morgan fingerprint density at radius 1 is 0.419 bits per heavy atom. The zero-order valence-corrected chi connectivity index (χ0v) is 78.7. The van der Waals surface area contributed by atoms with Gasteiger partial charge in [-0.25, -0.2) is 14.4 Å². The van der Waals surface area contributed by atoms with Crippen LogP contribution in [-0.2, 0) is 95.2 Å². The number of ketones is 1. The van der Waals surface area contributed by atoms with Crippen LogP contribution in [0, 0.1) is 5.92 Å². The van der Waals surface area contributed by atoms with E-state index in [0.29, 0.717) is 12.8 Å². The van der Waals surface area contributed by atoms with E-state index in [2.05, 4.69) is 35.1 Å². The van der Waals surface area contributed by atoms with Gasteiger partial charge in [0.2, 0.25) is 23.6 Å². The number of ether oxygens (including phenoxy) is 12. The minimum atomic E-state index is -3.71. The minimum absolute atomic E-state index is 0.0829. The molecule has 0 saturated carbocycles. The fourth-order valence-corrected chi connectivity index (χ4v) is 18.3. The first-order valence-corrected chi connectivity index (χ1v) is 48.1. The molecule has 6 heterocycles. The summed E-state index contributed by atoms with van der Waals surface area (Å²) in [5.74, 6) is -23.6. The SMILES string of the molecule is CCCCCCCCCCCCCC=C[C@@H](O)[C@H](CO[C@@H]1O[C@H](CO)[C@@H](O[C@@H]2O[C@H](CO)[C@H](O[C@@H]3O[C@H](CO)[C@H](O)[C@H](O)[C@H]3CC(C)=O)[C@H](O[C@]3(C(=O)O)C[C@H](O)[C@@H](NC(C)=O)C([C@H](O)[C@@H](CO)O[C@]4(C(=O)O)C[C@H](O)[C@@H](NC(C)=O)C([C@H](O)[C@@H](CO)O[C@]5(C(=O)O)C[C@H](O)[C@@H](NC(C)=O)C([C@H](O)[C@H](O)CO)O5)O4)O3)[C@H]2O)[C@H](O)[C@H]1O)NC(=O)CCCCCCCCCCCCCCCCC. The molecule has 6 aliphatic rings. The first-order valence-electron chi connectivity index (χ1n) is 48.1. The number of amides is 4. The van der Waals surface area contributed by atoms with Crippen molar-refractivity contribution in [3.8, 4) is 0 Å². The highest BCUT2D eigenvalue weighted by atomic mass is 16.8. The third kappa shape index (κ3) is 34.4. The van der Waals surface area contributed by atoms with Gasteiger partial charge in [0.1, 0.15) is 122 Å². The molecule has 0 aromatic carbocycles. The van der Waals surface area contributed by atoms with Crippen LogP contribution in [0.25, 0.3) is 0 Å². The number of carboxylic acid groups (broad SMARTS) is 3. The molecule has 6 rings (SSSR count). The Labute approximate surface area is 791 Å². The van der Waals surface area contributed by atoms with E-state index in [4.69, 9.17) is 56.8 Å². The molecule has 26 N–H and O–H groups in total. The molecule has 0 spiro atoms. The van der Waals surface area contributed by atoms with E-state index in [9.17, 15) is 151 Å². The summed E-state index contributed by atoms with van der Waals surface area (Å²) in [5, 5.41) is 261. The van der Waals surface area contributed by atoms with Crippen LogP contribution < -0.4 is 21.3 Å². The van der Waals surface area contributed by atoms with Crippen molar-refractivity contribution in [3.05, 3.63) is 12.2 Å². The van der Waals surface area contributed by atoms with E-state index in [1.807, 2.05) is 0 Å². The Balaban J connectivity index is 1.32. The van der Waals surface area contributed by atoms with Gasteiger partial charge in [0.05, 0.1) is 101 Å². The highest BCUT2D eigenvalue weighted by Crippen LogP contribution is 2.45. The second-order valence-electron chi connectivity index (χ2n) is 36.7. The van der Waals surface area contributed by atoms with Crippen LogP contribution in [-0.4, -0.2) is 413 Å². The molecule has 0 radical (unpaired) electrons. The van der Waals surface area contributed by atoms with Crippen LogP contribution in [0.4, 0.5) is 0 Å². The molecule has 0 aliphatic carbocycles. The number of aliphatic hydroxyl groups excluding tert-OH is 19. The number of carbonyl (C=O) groups excluding carboxylic acids is 5. The molecule has 46 nitrogen and oxygen atoms in total. The number of nitrogens with one attached hydrogen (secondary N) is 4. The Morgan fingerprint density at radius 2 is 0.801 bits per heavy atom. The lowest BCUT2D eigenvalue weighted by molar-refractivity contribution is -0.404. The summed E-state index contributed by atoms with van der Waals surface area (Å²) in [6.07, 6.45) is -34.1. The van der Waals surface area contributed by atoms with Crippen molar-refractivity contribution in [2.24, 2.45) is 5.92 Å². The summed E-state index contributed by atoms with van der Waals surface area (Å²) in [7, 11) is 0. The van der Waals surface area contributed by atoms with Gasteiger partial charge in [-0.05, 0) is 26.2 Å². The summed E-state index contributed by atoms with van der Waals surface area (Å²) in [6.45, 7) is -0.602. The largest absolute Gasteiger partial charge is 0.477 e. The Morgan fingerprint density at radius 3 is 1.21 bits per heavy atom. The van der Waals surface area contributed by atoms with Crippen molar-refractivity contribution in [1.29, 1.82) is 0 Å². The Hall–Kier alpha value is -5.54. The molecule has 35 atom stereocenters. The molecule has 0 bridgehead atoms. The number of allylic oxidation sites excluding steroid dienone is 1. The van der Waals surface area contributed by atoms with Gasteiger partial charge < -0.3 is 195 Å². The second-order valence-corrected chi connectivity index (χ2v) is 36.7. The normalized spacial score (nSPS) is 34.0. The first-order chi connectivity index (χ1) is 64.6. The molecule has 136 heavy (non-hydrogen) atoms. The molecule has 6 fully saturated rings. The zero-order valence-electron chi connectivity index (χ0n) is 78.7. The lowest BCUT2D eigenvalue weighted by Crippen LogP contribution is -2.72. The number of unbranched alkanes of at least 4 members (excludes halogenated alkanes) is 25. The highest BCUT2D eigenvalue weighted by Gasteiger charge is 2.65. The molecule has 0 aromatic rings. The number of carboxylic acids is 3. The molecule has 46 heteroatoms. The van der Waals surface area contributed by atoms with Crippen LogP contribution in [0.5, 0.6) is 0 Å². The first kappa shape index (κ1) is 119. The average Bonchev–Trinajstić information content (AvgIpc) is 0.571. The average molecular weight is 1970 g/mol. The van der Waals surface area contributed by atoms with Gasteiger partial charge in [0.15, 0.2) is 18.9 Å². The summed E-state index contributed by atoms with van der Waals surface area (Å²) in [4.78, 5) is 107. The van der Waals surface area contributed by atoms with Crippen LogP contribution in [0.2, 0.25) is 0 Å². The van der Waals surface area contributed by atoms with E-state index in [0.717, 1.165) is 91.9 Å². The van der Waals surface area contributed by atoms with E-state index in [1.54, 1.807) is 6.08 Å². The summed E-state index contributed by atoms with van der Waals surface area (Å²) < 4.78 is 72.0. The maximum absolute atomic E-state index is 14.4. The number of carbonyl (C=O) groups is 8. The van der Waals surface area contributed by atoms with E-state index in [-0.39, 0.29) is 6.42 Å². The molecule has 4 amide bonds. The lowest BCUT2D eigenvalue weighted by Gasteiger charge is -2.53. The second kappa shape index (κ2) is 59.5. The van der Waals surface area contributed by atoms with Gasteiger partial charge in [0, 0.05) is 58.8 Å². The molecule has 0 aromatic heterocycles. The smallest absolute Gasteiger partial charge is 0.364 e. The fourth-order valence-electron chi connectivity index (χ4n) is 18.3. The number of hydrogen-bond donors (Lipinski definition) is 26.